The van der Waals surface area contributed by atoms with E-state index in [1.165, 1.54) is 12.8 Å². The Labute approximate surface area is 125 Å². The number of para-hydroxylation sites is 1. The Morgan fingerprint density at radius 3 is 2.90 bits per heavy atom. The molecule has 1 saturated heterocycles. The van der Waals surface area contributed by atoms with E-state index in [0.717, 1.165) is 49.9 Å². The fraction of sp³-hybridized carbons (Fsp3) is 0.500. The summed E-state index contributed by atoms with van der Waals surface area (Å²) in [4.78, 5) is 4.18. The van der Waals surface area contributed by atoms with Crippen LogP contribution in [0.5, 0.6) is 0 Å². The normalized spacial score (nSPS) is 19.8. The van der Waals surface area contributed by atoms with Crippen molar-refractivity contribution in [3.63, 3.8) is 0 Å². The summed E-state index contributed by atoms with van der Waals surface area (Å²) in [6, 6.07) is 10.0. The van der Waals surface area contributed by atoms with Crippen molar-refractivity contribution in [2.75, 3.05) is 19.6 Å². The van der Waals surface area contributed by atoms with E-state index in [9.17, 15) is 0 Å². The van der Waals surface area contributed by atoms with Gasteiger partial charge in [0.05, 0.1) is 17.6 Å². The summed E-state index contributed by atoms with van der Waals surface area (Å²) >= 11 is 0. The third-order valence-electron chi connectivity index (χ3n) is 4.09. The molecule has 21 heavy (non-hydrogen) atoms. The van der Waals surface area contributed by atoms with Gasteiger partial charge >= 0.3 is 0 Å². The Kier molecular flexibility index (Phi) is 4.62. The first kappa shape index (κ1) is 14.2. The monoisotopic (exact) mass is 285 g/mol. The van der Waals surface area contributed by atoms with Gasteiger partial charge in [0, 0.05) is 13.1 Å². The van der Waals surface area contributed by atoms with Crippen molar-refractivity contribution in [1.82, 2.24) is 19.9 Å². The molecular formula is C16H23N5. The number of aromatic nitrogens is 3. The molecule has 1 aromatic heterocycles. The molecule has 5 heteroatoms. The van der Waals surface area contributed by atoms with Crippen molar-refractivity contribution in [2.45, 2.75) is 25.8 Å². The van der Waals surface area contributed by atoms with E-state index in [-0.39, 0.29) is 0 Å². The van der Waals surface area contributed by atoms with Crippen LogP contribution >= 0.6 is 0 Å². The maximum absolute atomic E-state index is 5.68. The Balaban J connectivity index is 1.62. The molecule has 2 N–H and O–H groups in total. The smallest absolute Gasteiger partial charge is 0.0971 e. The van der Waals surface area contributed by atoms with Crippen LogP contribution in [0.15, 0.2) is 36.5 Å². The molecular weight excluding hydrogens is 262 g/mol. The fourth-order valence-electron chi connectivity index (χ4n) is 3.05. The van der Waals surface area contributed by atoms with Gasteiger partial charge in [0.15, 0.2) is 0 Å². The van der Waals surface area contributed by atoms with Crippen LogP contribution in [0.3, 0.4) is 0 Å². The molecule has 0 amide bonds. The predicted octanol–water partition coefficient (Wildman–Crippen LogP) is 1.83. The standard InChI is InChI=1S/C16H23N5/c17-9-8-14-5-4-10-20(12-14)13-15-11-18-21(19-15)16-6-2-1-3-7-16/h1-3,6-7,11,14H,4-5,8-10,12-13,17H2. The first-order valence-electron chi connectivity index (χ1n) is 7.74. The number of hydrogen-bond donors (Lipinski definition) is 1. The van der Waals surface area contributed by atoms with Crippen LogP contribution in [0.2, 0.25) is 0 Å². The maximum Gasteiger partial charge on any atom is 0.0971 e. The van der Waals surface area contributed by atoms with Crippen LogP contribution in [0.4, 0.5) is 0 Å². The molecule has 0 aliphatic carbocycles. The highest BCUT2D eigenvalue weighted by molar-refractivity contribution is 5.28. The zero-order valence-corrected chi connectivity index (χ0v) is 12.4. The van der Waals surface area contributed by atoms with Gasteiger partial charge in [0.25, 0.3) is 0 Å². The van der Waals surface area contributed by atoms with Gasteiger partial charge in [-0.3, -0.25) is 4.90 Å². The zero-order chi connectivity index (χ0) is 14.5. The molecule has 1 aliphatic heterocycles. The summed E-state index contributed by atoms with van der Waals surface area (Å²) in [6.07, 6.45) is 5.58. The van der Waals surface area contributed by atoms with Gasteiger partial charge in [-0.2, -0.15) is 15.0 Å². The Morgan fingerprint density at radius 1 is 1.24 bits per heavy atom. The second-order valence-electron chi connectivity index (χ2n) is 5.78. The Morgan fingerprint density at radius 2 is 2.10 bits per heavy atom. The summed E-state index contributed by atoms with van der Waals surface area (Å²) in [5, 5.41) is 8.95. The summed E-state index contributed by atoms with van der Waals surface area (Å²) < 4.78 is 0. The van der Waals surface area contributed by atoms with Gasteiger partial charge in [0.2, 0.25) is 0 Å². The topological polar surface area (TPSA) is 60.0 Å². The summed E-state index contributed by atoms with van der Waals surface area (Å²) in [7, 11) is 0. The first-order valence-corrected chi connectivity index (χ1v) is 7.74. The van der Waals surface area contributed by atoms with Gasteiger partial charge in [0.1, 0.15) is 0 Å². The molecule has 5 nitrogen and oxygen atoms in total. The molecule has 1 atom stereocenters. The molecule has 2 aromatic rings. The lowest BCUT2D eigenvalue weighted by molar-refractivity contribution is 0.161. The van der Waals surface area contributed by atoms with E-state index in [2.05, 4.69) is 15.1 Å². The molecule has 3 rings (SSSR count). The third kappa shape index (κ3) is 3.68. The minimum atomic E-state index is 0.743. The van der Waals surface area contributed by atoms with Gasteiger partial charge < -0.3 is 5.73 Å². The molecule has 112 valence electrons. The van der Waals surface area contributed by atoms with Gasteiger partial charge in [-0.05, 0) is 50.4 Å². The van der Waals surface area contributed by atoms with Crippen molar-refractivity contribution in [3.8, 4) is 5.69 Å². The second kappa shape index (κ2) is 6.83. The molecule has 0 radical (unpaired) electrons. The number of nitrogens with two attached hydrogens (primary N) is 1. The van der Waals surface area contributed by atoms with Crippen LogP contribution in [-0.4, -0.2) is 39.5 Å². The highest BCUT2D eigenvalue weighted by Gasteiger charge is 2.20. The molecule has 0 bridgehead atoms. The summed E-state index contributed by atoms with van der Waals surface area (Å²) in [5.74, 6) is 0.743. The van der Waals surface area contributed by atoms with Crippen molar-refractivity contribution in [3.05, 3.63) is 42.2 Å². The van der Waals surface area contributed by atoms with E-state index in [1.54, 1.807) is 4.80 Å². The van der Waals surface area contributed by atoms with Crippen LogP contribution in [0.25, 0.3) is 5.69 Å². The second-order valence-corrected chi connectivity index (χ2v) is 5.78. The van der Waals surface area contributed by atoms with Crippen LogP contribution in [-0.2, 0) is 6.54 Å². The zero-order valence-electron chi connectivity index (χ0n) is 12.4. The molecule has 1 fully saturated rings. The van der Waals surface area contributed by atoms with E-state index in [1.807, 2.05) is 36.5 Å². The molecule has 0 saturated carbocycles. The van der Waals surface area contributed by atoms with Crippen LogP contribution in [0, 0.1) is 5.92 Å². The number of likely N-dealkylation sites (tertiary alicyclic amines) is 1. The van der Waals surface area contributed by atoms with E-state index in [4.69, 9.17) is 5.73 Å². The number of rotatable bonds is 5. The summed E-state index contributed by atoms with van der Waals surface area (Å²) in [6.45, 7) is 3.96. The van der Waals surface area contributed by atoms with Crippen molar-refractivity contribution < 1.29 is 0 Å². The van der Waals surface area contributed by atoms with Crippen molar-refractivity contribution >= 4 is 0 Å². The maximum atomic E-state index is 5.68. The van der Waals surface area contributed by atoms with Crippen molar-refractivity contribution in [2.24, 2.45) is 11.7 Å². The summed E-state index contributed by atoms with van der Waals surface area (Å²) in [5.41, 5.74) is 7.72. The fourth-order valence-corrected chi connectivity index (χ4v) is 3.05. The minimum absolute atomic E-state index is 0.743. The van der Waals surface area contributed by atoms with Gasteiger partial charge in [-0.15, -0.1) is 0 Å². The lowest BCUT2D eigenvalue weighted by Gasteiger charge is -2.31. The van der Waals surface area contributed by atoms with Crippen LogP contribution < -0.4 is 5.73 Å². The Hall–Kier alpha value is -1.72. The number of benzene rings is 1. The van der Waals surface area contributed by atoms with E-state index in [0.29, 0.717) is 0 Å². The number of piperidine rings is 1. The third-order valence-corrected chi connectivity index (χ3v) is 4.09. The first-order chi connectivity index (χ1) is 10.3. The molecule has 0 spiro atoms. The average molecular weight is 285 g/mol. The number of hydrogen-bond acceptors (Lipinski definition) is 4. The largest absolute Gasteiger partial charge is 0.330 e. The quantitative estimate of drug-likeness (QED) is 0.910. The highest BCUT2D eigenvalue weighted by atomic mass is 15.5. The SMILES string of the molecule is NCCC1CCCN(Cc2cnn(-c3ccccc3)n2)C1. The average Bonchev–Trinajstić information content (AvgIpc) is 2.97. The highest BCUT2D eigenvalue weighted by Crippen LogP contribution is 2.20. The molecule has 1 aromatic carbocycles. The minimum Gasteiger partial charge on any atom is -0.330 e. The van der Waals surface area contributed by atoms with Crippen molar-refractivity contribution in [1.29, 1.82) is 0 Å². The lowest BCUT2D eigenvalue weighted by atomic mass is 9.95. The van der Waals surface area contributed by atoms with E-state index >= 15 is 0 Å². The lowest BCUT2D eigenvalue weighted by Crippen LogP contribution is -2.35. The molecule has 1 aliphatic rings. The Bertz CT molecular complexity index is 549. The number of nitrogens with zero attached hydrogens (tertiary/aromatic N) is 4. The van der Waals surface area contributed by atoms with Gasteiger partial charge in [-0.25, -0.2) is 0 Å². The molecule has 2 heterocycles. The van der Waals surface area contributed by atoms with Gasteiger partial charge in [-0.1, -0.05) is 18.2 Å². The van der Waals surface area contributed by atoms with Crippen LogP contribution in [0.1, 0.15) is 25.0 Å². The predicted molar refractivity (Wildman–Crippen MR) is 83.0 cm³/mol. The molecule has 1 unspecified atom stereocenters. The van der Waals surface area contributed by atoms with E-state index < -0.39 is 0 Å².